The molecule has 3 saturated heterocycles. The largest absolute Gasteiger partial charge is 0.519 e. The van der Waals surface area contributed by atoms with Crippen molar-refractivity contribution in [2.75, 3.05) is 32.8 Å². The fraction of sp³-hybridized carbons (Fsp3) is 0.579. The van der Waals surface area contributed by atoms with Gasteiger partial charge in [0, 0.05) is 19.0 Å². The van der Waals surface area contributed by atoms with Gasteiger partial charge in [0.2, 0.25) is 0 Å². The Morgan fingerprint density at radius 3 is 3.00 bits per heavy atom. The lowest BCUT2D eigenvalue weighted by atomic mass is 9.72. The predicted octanol–water partition coefficient (Wildman–Crippen LogP) is 1.93. The third kappa shape index (κ3) is 2.72. The summed E-state index contributed by atoms with van der Waals surface area (Å²) in [5.74, 6) is 2.54. The van der Waals surface area contributed by atoms with Crippen molar-refractivity contribution in [3.8, 4) is 5.75 Å². The summed E-state index contributed by atoms with van der Waals surface area (Å²) in [6.07, 6.45) is 3.41. The van der Waals surface area contributed by atoms with Crippen LogP contribution in [0.2, 0.25) is 0 Å². The molecule has 0 radical (unpaired) electrons. The molecular weight excluding hydrogens is 345 g/mol. The number of hydrogen-bond acceptors (Lipinski definition) is 5. The normalized spacial score (nSPS) is 32.8. The first kappa shape index (κ1) is 16.6. The average molecular weight is 371 g/mol. The van der Waals surface area contributed by atoms with E-state index in [-0.39, 0.29) is 5.60 Å². The van der Waals surface area contributed by atoms with E-state index >= 15 is 0 Å². The lowest BCUT2D eigenvalue weighted by Gasteiger charge is -2.60. The number of hydrogen-bond donors (Lipinski definition) is 0. The highest BCUT2D eigenvalue weighted by atomic mass is 32.1. The maximum Gasteiger partial charge on any atom is 0.191 e. The standard InChI is InChI=1S/C19H26BN3O2S/c1-2-24-14-3-4-15-16(9-14)26-18(22-15)10-17-21-11-19(25-17)12-23(20)7-5-13(19)6-8-23/h3-4,9,13H,2,5-8,10-12H2,1,20H3. The van der Waals surface area contributed by atoms with Crippen molar-refractivity contribution in [1.29, 1.82) is 0 Å². The molecule has 0 aliphatic carbocycles. The van der Waals surface area contributed by atoms with Gasteiger partial charge in [0.15, 0.2) is 19.5 Å². The number of benzene rings is 1. The SMILES string of the molecule is [BH3-][N+]12CCC(CC1)C1(CN=C(Cc3nc4ccc(OCC)cc4s3)O1)C2. The van der Waals surface area contributed by atoms with Gasteiger partial charge in [-0.25, -0.2) is 4.98 Å². The number of nitrogens with zero attached hydrogens (tertiary/aromatic N) is 3. The third-order valence-electron chi connectivity index (χ3n) is 5.68. The fourth-order valence-electron chi connectivity index (χ4n) is 4.45. The third-order valence-corrected chi connectivity index (χ3v) is 6.70. The van der Waals surface area contributed by atoms with Crippen LogP contribution in [0.15, 0.2) is 23.2 Å². The van der Waals surface area contributed by atoms with E-state index in [1.54, 1.807) is 11.3 Å². The highest BCUT2D eigenvalue weighted by Crippen LogP contribution is 2.44. The molecule has 26 heavy (non-hydrogen) atoms. The smallest absolute Gasteiger partial charge is 0.191 e. The average Bonchev–Trinajstić information content (AvgIpc) is 3.19. The molecule has 5 nitrogen and oxygen atoms in total. The molecule has 3 fully saturated rings. The first-order chi connectivity index (χ1) is 12.6. The van der Waals surface area contributed by atoms with Crippen LogP contribution in [0.5, 0.6) is 5.75 Å². The minimum Gasteiger partial charge on any atom is -0.519 e. The van der Waals surface area contributed by atoms with Crippen molar-refractivity contribution in [3.05, 3.63) is 23.2 Å². The maximum absolute atomic E-state index is 6.57. The minimum atomic E-state index is 0.0202. The van der Waals surface area contributed by atoms with Crippen LogP contribution in [0.25, 0.3) is 10.2 Å². The second-order valence-electron chi connectivity index (χ2n) is 7.27. The highest BCUT2D eigenvalue weighted by molar-refractivity contribution is 7.18. The van der Waals surface area contributed by atoms with Crippen LogP contribution in [0, 0.1) is 5.92 Å². The van der Waals surface area contributed by atoms with Crippen LogP contribution < -0.4 is 4.74 Å². The maximum atomic E-state index is 6.57. The fourth-order valence-corrected chi connectivity index (χ4v) is 5.43. The van der Waals surface area contributed by atoms with Crippen molar-refractivity contribution in [2.45, 2.75) is 31.8 Å². The Hall–Kier alpha value is -1.60. The van der Waals surface area contributed by atoms with Crippen molar-refractivity contribution in [2.24, 2.45) is 10.9 Å². The number of thiazole rings is 1. The van der Waals surface area contributed by atoms with Crippen LogP contribution in [-0.2, 0) is 11.2 Å². The van der Waals surface area contributed by atoms with E-state index in [2.05, 4.69) is 6.07 Å². The quantitative estimate of drug-likeness (QED) is 0.772. The summed E-state index contributed by atoms with van der Waals surface area (Å²) in [7, 11) is 0.304. The number of aromatic nitrogens is 1. The lowest BCUT2D eigenvalue weighted by molar-refractivity contribution is -0.845. The number of fused-ring (bicyclic) bond motifs is 3. The molecule has 6 rings (SSSR count). The molecule has 7 heteroatoms. The summed E-state index contributed by atoms with van der Waals surface area (Å²) >= 11 is 1.73. The zero-order chi connectivity index (χ0) is 17.8. The van der Waals surface area contributed by atoms with Gasteiger partial charge in [-0.2, -0.15) is 0 Å². The molecule has 1 aromatic carbocycles. The van der Waals surface area contributed by atoms with Gasteiger partial charge in [-0.3, -0.25) is 4.99 Å². The zero-order valence-corrected chi connectivity index (χ0v) is 15.3. The molecule has 0 saturated carbocycles. The van der Waals surface area contributed by atoms with E-state index < -0.39 is 0 Å². The molecule has 2 aromatic rings. The number of rotatable bonds is 4. The van der Waals surface area contributed by atoms with E-state index in [1.165, 1.54) is 41.6 Å². The summed E-state index contributed by atoms with van der Waals surface area (Å²) in [5.41, 5.74) is 1.06. The first-order valence-corrected chi connectivity index (χ1v) is 10.0. The Kier molecular flexibility index (Phi) is 3.80. The molecule has 4 aliphatic rings. The Labute approximate surface area is 159 Å². The molecule has 1 aromatic heterocycles. The summed E-state index contributed by atoms with van der Waals surface area (Å²) < 4.78 is 14.8. The van der Waals surface area contributed by atoms with Crippen LogP contribution in [0.1, 0.15) is 24.8 Å². The zero-order valence-electron chi connectivity index (χ0n) is 14.5. The molecule has 138 valence electrons. The minimum absolute atomic E-state index is 0.0202. The van der Waals surface area contributed by atoms with Gasteiger partial charge in [-0.05, 0) is 38.0 Å². The van der Waals surface area contributed by atoms with Gasteiger partial charge >= 0.3 is 0 Å². The predicted molar refractivity (Wildman–Crippen MR) is 108 cm³/mol. The lowest BCUT2D eigenvalue weighted by Crippen LogP contribution is -2.69. The first-order valence-electron chi connectivity index (χ1n) is 9.21. The van der Waals surface area contributed by atoms with Crippen molar-refractivity contribution in [1.82, 2.24) is 4.98 Å². The summed E-state index contributed by atoms with van der Waals surface area (Å²) in [6.45, 7) is 7.61. The van der Waals surface area contributed by atoms with E-state index in [0.717, 1.165) is 35.1 Å². The second kappa shape index (κ2) is 5.96. The number of piperidine rings is 3. The van der Waals surface area contributed by atoms with Crippen LogP contribution in [-0.4, -0.2) is 61.6 Å². The Morgan fingerprint density at radius 2 is 2.23 bits per heavy atom. The number of quaternary nitrogens is 1. The summed E-state index contributed by atoms with van der Waals surface area (Å²) in [6, 6.07) is 6.13. The van der Waals surface area contributed by atoms with Crippen molar-refractivity contribution in [3.63, 3.8) is 0 Å². The molecule has 2 bridgehead atoms. The van der Waals surface area contributed by atoms with E-state index in [4.69, 9.17) is 19.5 Å². The Morgan fingerprint density at radius 1 is 1.38 bits per heavy atom. The van der Waals surface area contributed by atoms with Gasteiger partial charge in [-0.15, -0.1) is 11.3 Å². The van der Waals surface area contributed by atoms with Crippen LogP contribution in [0.4, 0.5) is 0 Å². The van der Waals surface area contributed by atoms with Crippen molar-refractivity contribution < 1.29 is 13.9 Å². The van der Waals surface area contributed by atoms with Gasteiger partial charge in [-0.1, -0.05) is 0 Å². The monoisotopic (exact) mass is 371 g/mol. The molecular formula is C19H26BN3O2S. The van der Waals surface area contributed by atoms with Gasteiger partial charge in [0.1, 0.15) is 10.8 Å². The summed E-state index contributed by atoms with van der Waals surface area (Å²) in [5, 5.41) is 1.09. The Bertz CT molecular complexity index is 875. The van der Waals surface area contributed by atoms with Gasteiger partial charge in [0.25, 0.3) is 0 Å². The highest BCUT2D eigenvalue weighted by Gasteiger charge is 2.55. The Balaban J connectivity index is 1.32. The molecule has 4 aliphatic heterocycles. The molecule has 0 N–H and O–H groups in total. The molecule has 1 atom stereocenters. The van der Waals surface area contributed by atoms with Gasteiger partial charge in [0.05, 0.1) is 36.3 Å². The van der Waals surface area contributed by atoms with Crippen LogP contribution in [0.3, 0.4) is 0 Å². The topological polar surface area (TPSA) is 43.7 Å². The second-order valence-corrected chi connectivity index (χ2v) is 8.39. The van der Waals surface area contributed by atoms with E-state index in [9.17, 15) is 0 Å². The number of ether oxygens (including phenoxy) is 2. The van der Waals surface area contributed by atoms with Crippen LogP contribution >= 0.6 is 11.3 Å². The molecule has 1 unspecified atom stereocenters. The van der Waals surface area contributed by atoms with Gasteiger partial charge < -0.3 is 13.9 Å². The number of aliphatic imine (C=N–C) groups is 1. The molecule has 5 heterocycles. The van der Waals surface area contributed by atoms with E-state index in [1.807, 2.05) is 19.1 Å². The van der Waals surface area contributed by atoms with E-state index in [0.29, 0.717) is 20.5 Å². The molecule has 1 spiro atoms. The molecule has 0 amide bonds. The van der Waals surface area contributed by atoms with Crippen molar-refractivity contribution >= 4 is 35.4 Å². The summed E-state index contributed by atoms with van der Waals surface area (Å²) in [4.78, 5) is 9.61.